The Morgan fingerprint density at radius 2 is 2.00 bits per heavy atom. The van der Waals surface area contributed by atoms with Gasteiger partial charge in [-0.1, -0.05) is 43.7 Å². The molecule has 0 saturated carbocycles. The molecular weight excluding hydrogens is 382 g/mol. The molecule has 2 aromatic carbocycles. The van der Waals surface area contributed by atoms with Crippen LogP contribution < -0.4 is 5.32 Å². The second-order valence-electron chi connectivity index (χ2n) is 6.72. The first-order valence-corrected chi connectivity index (χ1v) is 10.3. The molecule has 0 atom stereocenters. The Balaban J connectivity index is 1.52. The SMILES string of the molecule is CCCc1ccc(-c2nc(NC(=O)c3cccc(-n4cncn4)c3)sc2C)cc1. The fourth-order valence-corrected chi connectivity index (χ4v) is 3.97. The van der Waals surface area contributed by atoms with Gasteiger partial charge in [0.15, 0.2) is 5.13 Å². The second-order valence-corrected chi connectivity index (χ2v) is 7.92. The summed E-state index contributed by atoms with van der Waals surface area (Å²) < 4.78 is 1.62. The van der Waals surface area contributed by atoms with E-state index in [1.54, 1.807) is 23.1 Å². The Morgan fingerprint density at radius 3 is 2.72 bits per heavy atom. The highest BCUT2D eigenvalue weighted by Gasteiger charge is 2.14. The molecule has 0 radical (unpaired) electrons. The van der Waals surface area contributed by atoms with Crippen LogP contribution in [0.3, 0.4) is 0 Å². The number of hydrogen-bond donors (Lipinski definition) is 1. The molecule has 0 aliphatic carbocycles. The summed E-state index contributed by atoms with van der Waals surface area (Å²) in [7, 11) is 0. The zero-order valence-electron chi connectivity index (χ0n) is 16.3. The Morgan fingerprint density at radius 1 is 1.17 bits per heavy atom. The Hall–Kier alpha value is -3.32. The smallest absolute Gasteiger partial charge is 0.257 e. The van der Waals surface area contributed by atoms with Gasteiger partial charge >= 0.3 is 0 Å². The molecule has 4 aromatic rings. The molecule has 0 saturated heterocycles. The largest absolute Gasteiger partial charge is 0.298 e. The summed E-state index contributed by atoms with van der Waals surface area (Å²) >= 11 is 1.48. The van der Waals surface area contributed by atoms with Gasteiger partial charge in [0.25, 0.3) is 5.91 Å². The quantitative estimate of drug-likeness (QED) is 0.497. The number of carbonyl (C=O) groups is 1. The molecule has 0 aliphatic rings. The molecule has 2 aromatic heterocycles. The summed E-state index contributed by atoms with van der Waals surface area (Å²) in [6.45, 7) is 4.20. The molecule has 7 heteroatoms. The van der Waals surface area contributed by atoms with Gasteiger partial charge in [-0.05, 0) is 37.1 Å². The van der Waals surface area contributed by atoms with Crippen LogP contribution in [0.15, 0.2) is 61.2 Å². The van der Waals surface area contributed by atoms with E-state index in [9.17, 15) is 4.79 Å². The van der Waals surface area contributed by atoms with Gasteiger partial charge in [-0.3, -0.25) is 10.1 Å². The zero-order valence-corrected chi connectivity index (χ0v) is 17.1. The molecular formula is C22H21N5OS. The van der Waals surface area contributed by atoms with Gasteiger partial charge in [-0.2, -0.15) is 5.10 Å². The number of rotatable bonds is 6. The van der Waals surface area contributed by atoms with Crippen molar-refractivity contribution < 1.29 is 4.79 Å². The molecule has 1 N–H and O–H groups in total. The van der Waals surface area contributed by atoms with Crippen molar-refractivity contribution in [3.05, 3.63) is 77.2 Å². The monoisotopic (exact) mass is 403 g/mol. The van der Waals surface area contributed by atoms with Gasteiger partial charge in [0.2, 0.25) is 0 Å². The van der Waals surface area contributed by atoms with Gasteiger partial charge in [0, 0.05) is 16.0 Å². The van der Waals surface area contributed by atoms with Gasteiger partial charge in [-0.25, -0.2) is 14.6 Å². The minimum absolute atomic E-state index is 0.203. The van der Waals surface area contributed by atoms with Crippen molar-refractivity contribution >= 4 is 22.4 Å². The number of hydrogen-bond acceptors (Lipinski definition) is 5. The lowest BCUT2D eigenvalue weighted by Gasteiger charge is -2.05. The van der Waals surface area contributed by atoms with Crippen LogP contribution in [0.5, 0.6) is 0 Å². The lowest BCUT2D eigenvalue weighted by Crippen LogP contribution is -2.12. The topological polar surface area (TPSA) is 72.7 Å². The van der Waals surface area contributed by atoms with Crippen LogP contribution in [0.25, 0.3) is 16.9 Å². The van der Waals surface area contributed by atoms with Crippen molar-refractivity contribution in [1.29, 1.82) is 0 Å². The van der Waals surface area contributed by atoms with E-state index in [0.29, 0.717) is 10.7 Å². The summed E-state index contributed by atoms with van der Waals surface area (Å²) in [6.07, 6.45) is 5.26. The van der Waals surface area contributed by atoms with Crippen molar-refractivity contribution in [2.45, 2.75) is 26.7 Å². The van der Waals surface area contributed by atoms with E-state index in [1.165, 1.54) is 23.2 Å². The zero-order chi connectivity index (χ0) is 20.2. The number of carbonyl (C=O) groups excluding carboxylic acids is 1. The number of nitrogens with one attached hydrogen (secondary N) is 1. The summed E-state index contributed by atoms with van der Waals surface area (Å²) in [6, 6.07) is 15.7. The molecule has 4 rings (SSSR count). The number of aromatic nitrogens is 4. The predicted octanol–water partition coefficient (Wildman–Crippen LogP) is 4.90. The fraction of sp³-hybridized carbons (Fsp3) is 0.182. The summed E-state index contributed by atoms with van der Waals surface area (Å²) in [5, 5.41) is 7.61. The van der Waals surface area contributed by atoms with Crippen LogP contribution in [0.4, 0.5) is 5.13 Å². The first kappa shape index (κ1) is 19.0. The predicted molar refractivity (Wildman–Crippen MR) is 116 cm³/mol. The minimum atomic E-state index is -0.203. The molecule has 0 aliphatic heterocycles. The van der Waals surface area contributed by atoms with Crippen LogP contribution in [0.2, 0.25) is 0 Å². The standard InChI is InChI=1S/C22H21N5OS/c1-3-5-16-8-10-17(11-9-16)20-15(2)29-22(25-20)26-21(28)18-6-4-7-19(12-18)27-14-23-13-24-27/h4,6-14H,3,5H2,1-2H3,(H,25,26,28). The van der Waals surface area contributed by atoms with Crippen LogP contribution in [-0.2, 0) is 6.42 Å². The molecule has 0 bridgehead atoms. The number of thiazole rings is 1. The highest BCUT2D eigenvalue weighted by Crippen LogP contribution is 2.31. The number of nitrogens with zero attached hydrogens (tertiary/aromatic N) is 4. The first-order chi connectivity index (χ1) is 14.1. The van der Waals surface area contributed by atoms with Gasteiger partial charge < -0.3 is 0 Å². The summed E-state index contributed by atoms with van der Waals surface area (Å²) in [4.78, 5) is 22.4. The molecule has 1 amide bonds. The third-order valence-electron chi connectivity index (χ3n) is 4.57. The Kier molecular flexibility index (Phi) is 5.48. The minimum Gasteiger partial charge on any atom is -0.298 e. The molecule has 0 fully saturated rings. The van der Waals surface area contributed by atoms with Crippen molar-refractivity contribution in [1.82, 2.24) is 19.7 Å². The highest BCUT2D eigenvalue weighted by atomic mass is 32.1. The molecule has 146 valence electrons. The maximum Gasteiger partial charge on any atom is 0.257 e. The fourth-order valence-electron chi connectivity index (χ4n) is 3.14. The van der Waals surface area contributed by atoms with E-state index >= 15 is 0 Å². The van der Waals surface area contributed by atoms with Gasteiger partial charge in [0.05, 0.1) is 11.4 Å². The van der Waals surface area contributed by atoms with E-state index in [4.69, 9.17) is 0 Å². The average Bonchev–Trinajstić information content (AvgIpc) is 3.39. The van der Waals surface area contributed by atoms with E-state index in [-0.39, 0.29) is 5.91 Å². The van der Waals surface area contributed by atoms with Crippen molar-refractivity contribution in [2.75, 3.05) is 5.32 Å². The summed E-state index contributed by atoms with van der Waals surface area (Å²) in [5.41, 5.74) is 4.61. The number of aryl methyl sites for hydroxylation is 2. The summed E-state index contributed by atoms with van der Waals surface area (Å²) in [5.74, 6) is -0.203. The second kappa shape index (κ2) is 8.36. The molecule has 6 nitrogen and oxygen atoms in total. The average molecular weight is 404 g/mol. The van der Waals surface area contributed by atoms with Gasteiger partial charge in [-0.15, -0.1) is 11.3 Å². The van der Waals surface area contributed by atoms with E-state index in [1.807, 2.05) is 19.1 Å². The van der Waals surface area contributed by atoms with Crippen LogP contribution in [0, 0.1) is 6.92 Å². The first-order valence-electron chi connectivity index (χ1n) is 9.47. The lowest BCUT2D eigenvalue weighted by atomic mass is 10.1. The molecule has 2 heterocycles. The Labute approximate surface area is 173 Å². The van der Waals surface area contributed by atoms with E-state index in [2.05, 4.69) is 51.6 Å². The van der Waals surface area contributed by atoms with E-state index in [0.717, 1.165) is 34.7 Å². The molecule has 0 spiro atoms. The lowest BCUT2D eigenvalue weighted by molar-refractivity contribution is 0.102. The van der Waals surface area contributed by atoms with Crippen molar-refractivity contribution in [3.63, 3.8) is 0 Å². The normalized spacial score (nSPS) is 10.8. The van der Waals surface area contributed by atoms with Gasteiger partial charge in [0.1, 0.15) is 12.7 Å². The van der Waals surface area contributed by atoms with E-state index < -0.39 is 0 Å². The number of benzene rings is 2. The third kappa shape index (κ3) is 4.25. The van der Waals surface area contributed by atoms with Crippen LogP contribution in [0.1, 0.15) is 34.1 Å². The molecule has 29 heavy (non-hydrogen) atoms. The van der Waals surface area contributed by atoms with Crippen molar-refractivity contribution in [2.24, 2.45) is 0 Å². The number of amides is 1. The Bertz CT molecular complexity index is 1120. The third-order valence-corrected chi connectivity index (χ3v) is 5.46. The van der Waals surface area contributed by atoms with Crippen molar-refractivity contribution in [3.8, 4) is 16.9 Å². The van der Waals surface area contributed by atoms with Crippen LogP contribution >= 0.6 is 11.3 Å². The number of anilines is 1. The molecule has 0 unspecified atom stereocenters. The van der Waals surface area contributed by atoms with Crippen LogP contribution in [-0.4, -0.2) is 25.7 Å². The maximum absolute atomic E-state index is 12.7. The highest BCUT2D eigenvalue weighted by molar-refractivity contribution is 7.16. The maximum atomic E-state index is 12.7.